The summed E-state index contributed by atoms with van der Waals surface area (Å²) in [5.41, 5.74) is 4.51. The third-order valence-electron chi connectivity index (χ3n) is 6.78. The molecule has 2 fully saturated rings. The number of anilines is 2. The van der Waals surface area contributed by atoms with E-state index in [1.54, 1.807) is 12.3 Å². The average molecular weight is 404 g/mol. The van der Waals surface area contributed by atoms with Crippen molar-refractivity contribution in [2.75, 3.05) is 29.9 Å². The predicted molar refractivity (Wildman–Crippen MR) is 121 cm³/mol. The highest BCUT2D eigenvalue weighted by atomic mass is 16.3. The quantitative estimate of drug-likeness (QED) is 0.662. The molecule has 1 aromatic heterocycles. The Morgan fingerprint density at radius 1 is 1.10 bits per heavy atom. The van der Waals surface area contributed by atoms with Crippen LogP contribution in [0.4, 0.5) is 11.4 Å². The van der Waals surface area contributed by atoms with Crippen molar-refractivity contribution in [3.63, 3.8) is 0 Å². The monoisotopic (exact) mass is 403 g/mol. The number of rotatable bonds is 4. The van der Waals surface area contributed by atoms with Gasteiger partial charge >= 0.3 is 0 Å². The number of nitrogens with one attached hydrogen (secondary N) is 1. The molecule has 0 saturated carbocycles. The number of nitrogens with zero attached hydrogens (tertiary/aromatic N) is 2. The number of benzene rings is 2. The van der Waals surface area contributed by atoms with Gasteiger partial charge in [-0.25, -0.2) is 0 Å². The molecule has 5 heteroatoms. The fourth-order valence-corrected chi connectivity index (χ4v) is 5.02. The molecule has 2 aliphatic rings. The summed E-state index contributed by atoms with van der Waals surface area (Å²) in [4.78, 5) is 17.9. The molecule has 3 heterocycles. The summed E-state index contributed by atoms with van der Waals surface area (Å²) >= 11 is 0. The number of furan rings is 1. The molecule has 0 spiro atoms. The number of carbonyl (C=O) groups is 1. The largest absolute Gasteiger partial charge is 0.464 e. The van der Waals surface area contributed by atoms with Crippen molar-refractivity contribution < 1.29 is 9.21 Å². The van der Waals surface area contributed by atoms with Gasteiger partial charge in [0, 0.05) is 47.5 Å². The number of carbonyl (C=O) groups excluding carboxylic acids is 1. The molecule has 1 N–H and O–H groups in total. The summed E-state index contributed by atoms with van der Waals surface area (Å²) in [6.07, 6.45) is 5.54. The van der Waals surface area contributed by atoms with E-state index in [4.69, 9.17) is 4.42 Å². The third-order valence-corrected chi connectivity index (χ3v) is 6.78. The zero-order valence-electron chi connectivity index (χ0n) is 17.7. The summed E-state index contributed by atoms with van der Waals surface area (Å²) in [6, 6.07) is 15.2. The van der Waals surface area contributed by atoms with Crippen molar-refractivity contribution in [3.05, 3.63) is 59.9 Å². The lowest BCUT2D eigenvalue weighted by Gasteiger charge is -2.28. The Hall–Kier alpha value is -2.79. The normalized spacial score (nSPS) is 22.1. The van der Waals surface area contributed by atoms with E-state index < -0.39 is 0 Å². The molecule has 0 bridgehead atoms. The molecule has 0 radical (unpaired) electrons. The molecule has 0 unspecified atom stereocenters. The van der Waals surface area contributed by atoms with Crippen LogP contribution in [-0.4, -0.2) is 42.5 Å². The third kappa shape index (κ3) is 3.58. The lowest BCUT2D eigenvalue weighted by molar-refractivity contribution is 0.102. The maximum absolute atomic E-state index is 12.7. The van der Waals surface area contributed by atoms with Crippen LogP contribution >= 0.6 is 0 Å². The van der Waals surface area contributed by atoms with Crippen LogP contribution in [0.25, 0.3) is 11.0 Å². The Bertz CT molecular complexity index is 1070. The number of hydrogen-bond donors (Lipinski definition) is 1. The predicted octanol–water partition coefficient (Wildman–Crippen LogP) is 5.06. The lowest BCUT2D eigenvalue weighted by atomic mass is 10.1. The lowest BCUT2D eigenvalue weighted by Crippen LogP contribution is -2.39. The van der Waals surface area contributed by atoms with E-state index in [0.717, 1.165) is 41.4 Å². The van der Waals surface area contributed by atoms with Gasteiger partial charge in [-0.2, -0.15) is 0 Å². The van der Waals surface area contributed by atoms with Gasteiger partial charge in [-0.1, -0.05) is 6.07 Å². The number of amides is 1. The van der Waals surface area contributed by atoms with Gasteiger partial charge < -0.3 is 14.6 Å². The molecular formula is C25H29N3O2. The molecule has 30 heavy (non-hydrogen) atoms. The molecule has 2 aromatic carbocycles. The van der Waals surface area contributed by atoms with E-state index in [1.165, 1.54) is 31.5 Å². The van der Waals surface area contributed by atoms with Crippen molar-refractivity contribution in [3.8, 4) is 0 Å². The van der Waals surface area contributed by atoms with Crippen LogP contribution in [0.5, 0.6) is 0 Å². The Morgan fingerprint density at radius 2 is 2.00 bits per heavy atom. The minimum atomic E-state index is -0.117. The second kappa shape index (κ2) is 7.80. The molecule has 156 valence electrons. The average Bonchev–Trinajstić information content (AvgIpc) is 3.48. The van der Waals surface area contributed by atoms with Crippen LogP contribution < -0.4 is 10.2 Å². The second-order valence-corrected chi connectivity index (χ2v) is 8.74. The van der Waals surface area contributed by atoms with Crippen LogP contribution in [0.2, 0.25) is 0 Å². The van der Waals surface area contributed by atoms with Crippen molar-refractivity contribution >= 4 is 28.3 Å². The van der Waals surface area contributed by atoms with Crippen LogP contribution in [-0.2, 0) is 0 Å². The van der Waals surface area contributed by atoms with E-state index in [0.29, 0.717) is 11.6 Å². The molecular weight excluding hydrogens is 374 g/mol. The highest BCUT2D eigenvalue weighted by molar-refractivity contribution is 6.06. The molecule has 0 aliphatic carbocycles. The first-order chi connectivity index (χ1) is 14.6. The van der Waals surface area contributed by atoms with Gasteiger partial charge in [-0.3, -0.25) is 9.69 Å². The summed E-state index contributed by atoms with van der Waals surface area (Å²) in [6.45, 7) is 7.86. The minimum absolute atomic E-state index is 0.117. The van der Waals surface area contributed by atoms with E-state index in [1.807, 2.05) is 24.3 Å². The van der Waals surface area contributed by atoms with Gasteiger partial charge in [0.15, 0.2) is 0 Å². The minimum Gasteiger partial charge on any atom is -0.464 e. The van der Waals surface area contributed by atoms with Gasteiger partial charge in [-0.15, -0.1) is 0 Å². The van der Waals surface area contributed by atoms with Crippen LogP contribution in [0.1, 0.15) is 42.1 Å². The van der Waals surface area contributed by atoms with Gasteiger partial charge in [0.1, 0.15) is 5.58 Å². The van der Waals surface area contributed by atoms with Crippen LogP contribution in [0.15, 0.2) is 53.1 Å². The SMILES string of the molecule is Cc1cc(N2CC[C@H](N3CCC[C@@H]3C)C2)ccc1NC(=O)c1ccc2ccoc2c1. The smallest absolute Gasteiger partial charge is 0.255 e. The maximum atomic E-state index is 12.7. The highest BCUT2D eigenvalue weighted by Crippen LogP contribution is 2.30. The standard InChI is InChI=1S/C25H29N3O2/c1-17-14-21(27-12-9-22(16-27)28-11-3-4-18(28)2)7-8-23(17)26-25(29)20-6-5-19-10-13-30-24(19)15-20/h5-8,10,13-15,18,22H,3-4,9,11-12,16H2,1-2H3,(H,26,29)/t18-,22-/m0/s1. The summed E-state index contributed by atoms with van der Waals surface area (Å²) in [5.74, 6) is -0.117. The van der Waals surface area contributed by atoms with E-state index in [9.17, 15) is 4.79 Å². The molecule has 5 rings (SSSR count). The van der Waals surface area contributed by atoms with E-state index in [2.05, 4.69) is 41.1 Å². The Labute approximate surface area is 177 Å². The zero-order valence-corrected chi connectivity index (χ0v) is 17.7. The van der Waals surface area contributed by atoms with Crippen LogP contribution in [0.3, 0.4) is 0 Å². The Balaban J connectivity index is 1.27. The Morgan fingerprint density at radius 3 is 2.80 bits per heavy atom. The molecule has 2 saturated heterocycles. The van der Waals surface area contributed by atoms with Gasteiger partial charge in [-0.05, 0) is 81.6 Å². The van der Waals surface area contributed by atoms with Crippen molar-refractivity contribution in [1.29, 1.82) is 0 Å². The van der Waals surface area contributed by atoms with Gasteiger partial charge in [0.2, 0.25) is 0 Å². The number of likely N-dealkylation sites (tertiary alicyclic amines) is 1. The first-order valence-electron chi connectivity index (χ1n) is 11.0. The Kier molecular flexibility index (Phi) is 4.99. The zero-order chi connectivity index (χ0) is 20.7. The fraction of sp³-hybridized carbons (Fsp3) is 0.400. The second-order valence-electron chi connectivity index (χ2n) is 8.74. The molecule has 3 aromatic rings. The molecule has 2 atom stereocenters. The first kappa shape index (κ1) is 19.2. The number of hydrogen-bond acceptors (Lipinski definition) is 4. The van der Waals surface area contributed by atoms with Crippen molar-refractivity contribution in [2.24, 2.45) is 0 Å². The number of aryl methyl sites for hydroxylation is 1. The van der Waals surface area contributed by atoms with Crippen molar-refractivity contribution in [2.45, 2.75) is 45.2 Å². The van der Waals surface area contributed by atoms with Gasteiger partial charge in [0.25, 0.3) is 5.91 Å². The van der Waals surface area contributed by atoms with Crippen LogP contribution in [0, 0.1) is 6.92 Å². The topological polar surface area (TPSA) is 48.7 Å². The van der Waals surface area contributed by atoms with E-state index in [-0.39, 0.29) is 5.91 Å². The first-order valence-corrected chi connectivity index (χ1v) is 11.0. The highest BCUT2D eigenvalue weighted by Gasteiger charge is 2.33. The van der Waals surface area contributed by atoms with Crippen molar-refractivity contribution in [1.82, 2.24) is 4.90 Å². The fourth-order valence-electron chi connectivity index (χ4n) is 5.02. The molecule has 1 amide bonds. The summed E-state index contributed by atoms with van der Waals surface area (Å²) in [7, 11) is 0. The van der Waals surface area contributed by atoms with Gasteiger partial charge in [0.05, 0.1) is 6.26 Å². The van der Waals surface area contributed by atoms with E-state index >= 15 is 0 Å². The maximum Gasteiger partial charge on any atom is 0.255 e. The summed E-state index contributed by atoms with van der Waals surface area (Å²) in [5, 5.41) is 4.05. The molecule has 2 aliphatic heterocycles. The number of fused-ring (bicyclic) bond motifs is 1. The summed E-state index contributed by atoms with van der Waals surface area (Å²) < 4.78 is 5.42. The molecule has 5 nitrogen and oxygen atoms in total.